The number of rotatable bonds is 3. The fourth-order valence-corrected chi connectivity index (χ4v) is 1.96. The van der Waals surface area contributed by atoms with Crippen LogP contribution in [0.3, 0.4) is 0 Å². The summed E-state index contributed by atoms with van der Waals surface area (Å²) in [6, 6.07) is 7.87. The molecule has 4 heteroatoms. The number of aryl methyl sites for hydroxylation is 1. The number of carbonyl (C=O) groups excluding carboxylic acids is 2. The minimum atomic E-state index is -0.590. The van der Waals surface area contributed by atoms with E-state index < -0.39 is 11.9 Å². The first-order chi connectivity index (χ1) is 9.10. The van der Waals surface area contributed by atoms with Crippen molar-refractivity contribution < 1.29 is 19.1 Å². The van der Waals surface area contributed by atoms with Gasteiger partial charge in [-0.15, -0.1) is 0 Å². The van der Waals surface area contributed by atoms with Gasteiger partial charge >= 0.3 is 11.9 Å². The molecule has 1 aliphatic heterocycles. The van der Waals surface area contributed by atoms with Gasteiger partial charge < -0.3 is 9.47 Å². The fourth-order valence-electron chi connectivity index (χ4n) is 1.96. The van der Waals surface area contributed by atoms with Crippen molar-refractivity contribution in [2.45, 2.75) is 26.2 Å². The van der Waals surface area contributed by atoms with Crippen molar-refractivity contribution in [2.24, 2.45) is 0 Å². The van der Waals surface area contributed by atoms with Gasteiger partial charge in [-0.1, -0.05) is 29.8 Å². The Balaban J connectivity index is 2.25. The highest BCUT2D eigenvalue weighted by Gasteiger charge is 2.27. The molecular weight excluding hydrogens is 244 g/mol. The summed E-state index contributed by atoms with van der Waals surface area (Å²) in [5.41, 5.74) is 2.14. The molecule has 0 spiro atoms. The molecule has 1 aliphatic rings. The summed E-state index contributed by atoms with van der Waals surface area (Å²) in [6.07, 6.45) is 1.90. The molecule has 0 unspecified atom stereocenters. The quantitative estimate of drug-likeness (QED) is 0.783. The molecule has 0 saturated carbocycles. The Kier molecular flexibility index (Phi) is 4.00. The van der Waals surface area contributed by atoms with E-state index in [0.29, 0.717) is 0 Å². The molecule has 1 atom stereocenters. The smallest absolute Gasteiger partial charge is 0.374 e. The van der Waals surface area contributed by atoms with Crippen LogP contribution in [0.15, 0.2) is 36.1 Å². The monoisotopic (exact) mass is 260 g/mol. The number of carbonyl (C=O) groups is 2. The molecule has 0 amide bonds. The lowest BCUT2D eigenvalue weighted by atomic mass is 9.93. The predicted octanol–water partition coefficient (Wildman–Crippen LogP) is 2.47. The second-order valence-electron chi connectivity index (χ2n) is 4.45. The summed E-state index contributed by atoms with van der Waals surface area (Å²) in [4.78, 5) is 23.2. The Morgan fingerprint density at radius 1 is 1.37 bits per heavy atom. The average Bonchev–Trinajstić information content (AvgIpc) is 2.39. The third-order valence-corrected chi connectivity index (χ3v) is 2.95. The summed E-state index contributed by atoms with van der Waals surface area (Å²) < 4.78 is 9.77. The standard InChI is InChI=1S/C15H16O4/c1-3-18-15(17)13-8-12(9-14(16)19-13)11-6-4-10(2)5-7-11/h4-8,12H,3,9H2,1-2H3/t12-/m0/s1. The summed E-state index contributed by atoms with van der Waals surface area (Å²) in [5, 5.41) is 0. The van der Waals surface area contributed by atoms with E-state index in [4.69, 9.17) is 9.47 Å². The van der Waals surface area contributed by atoms with E-state index in [9.17, 15) is 9.59 Å². The van der Waals surface area contributed by atoms with Crippen molar-refractivity contribution in [3.63, 3.8) is 0 Å². The van der Waals surface area contributed by atoms with Crippen LogP contribution in [0, 0.1) is 6.92 Å². The average molecular weight is 260 g/mol. The molecule has 0 aliphatic carbocycles. The molecule has 0 bridgehead atoms. The Bertz CT molecular complexity index is 513. The molecule has 4 nitrogen and oxygen atoms in total. The van der Waals surface area contributed by atoms with Crippen molar-refractivity contribution in [3.05, 3.63) is 47.2 Å². The highest BCUT2D eigenvalue weighted by molar-refractivity contribution is 5.91. The number of hydrogen-bond donors (Lipinski definition) is 0. The minimum absolute atomic E-state index is 0.0105. The molecule has 1 aromatic carbocycles. The zero-order valence-corrected chi connectivity index (χ0v) is 11.0. The van der Waals surface area contributed by atoms with Crippen molar-refractivity contribution in [1.29, 1.82) is 0 Å². The first-order valence-corrected chi connectivity index (χ1v) is 6.26. The molecule has 0 aromatic heterocycles. The van der Waals surface area contributed by atoms with Gasteiger partial charge in [-0.05, 0) is 25.5 Å². The van der Waals surface area contributed by atoms with Gasteiger partial charge in [-0.25, -0.2) is 4.79 Å². The van der Waals surface area contributed by atoms with Gasteiger partial charge in [0.2, 0.25) is 5.76 Å². The maximum absolute atomic E-state index is 11.6. The zero-order chi connectivity index (χ0) is 13.8. The number of hydrogen-bond acceptors (Lipinski definition) is 4. The molecule has 0 fully saturated rings. The number of benzene rings is 1. The molecule has 2 rings (SSSR count). The second-order valence-corrected chi connectivity index (χ2v) is 4.45. The molecule has 1 aromatic rings. The molecule has 0 saturated heterocycles. The van der Waals surface area contributed by atoms with Crippen LogP contribution in [0.5, 0.6) is 0 Å². The van der Waals surface area contributed by atoms with Crippen molar-refractivity contribution in [3.8, 4) is 0 Å². The van der Waals surface area contributed by atoms with Gasteiger partial charge in [0.15, 0.2) is 0 Å². The SMILES string of the molecule is CCOC(=O)C1=C[C@H](c2ccc(C)cc2)CC(=O)O1. The number of cyclic esters (lactones) is 1. The van der Waals surface area contributed by atoms with E-state index >= 15 is 0 Å². The van der Waals surface area contributed by atoms with Crippen LogP contribution < -0.4 is 0 Å². The van der Waals surface area contributed by atoms with Crippen molar-refractivity contribution in [2.75, 3.05) is 6.61 Å². The first-order valence-electron chi connectivity index (χ1n) is 6.26. The highest BCUT2D eigenvalue weighted by Crippen LogP contribution is 2.28. The van der Waals surface area contributed by atoms with E-state index in [1.165, 1.54) is 0 Å². The van der Waals surface area contributed by atoms with Gasteiger partial charge in [-0.2, -0.15) is 0 Å². The van der Waals surface area contributed by atoms with E-state index in [1.54, 1.807) is 13.0 Å². The summed E-state index contributed by atoms with van der Waals surface area (Å²) >= 11 is 0. The van der Waals surface area contributed by atoms with Gasteiger partial charge in [0, 0.05) is 5.92 Å². The van der Waals surface area contributed by atoms with Crippen molar-refractivity contribution in [1.82, 2.24) is 0 Å². The van der Waals surface area contributed by atoms with E-state index in [0.717, 1.165) is 11.1 Å². The van der Waals surface area contributed by atoms with Crippen LogP contribution in [0.1, 0.15) is 30.4 Å². The van der Waals surface area contributed by atoms with E-state index in [1.807, 2.05) is 31.2 Å². The number of esters is 2. The Hall–Kier alpha value is -2.10. The first kappa shape index (κ1) is 13.3. The van der Waals surface area contributed by atoms with E-state index in [2.05, 4.69) is 0 Å². The lowest BCUT2D eigenvalue weighted by molar-refractivity contribution is -0.152. The fraction of sp³-hybridized carbons (Fsp3) is 0.333. The molecule has 19 heavy (non-hydrogen) atoms. The topological polar surface area (TPSA) is 52.6 Å². The summed E-state index contributed by atoms with van der Waals surface area (Å²) in [6.45, 7) is 3.96. The number of ether oxygens (including phenoxy) is 2. The summed E-state index contributed by atoms with van der Waals surface area (Å²) in [7, 11) is 0. The number of allylic oxidation sites excluding steroid dienone is 1. The molecule has 100 valence electrons. The van der Waals surface area contributed by atoms with Gasteiger partial charge in [0.05, 0.1) is 13.0 Å². The molecular formula is C15H16O4. The molecule has 0 radical (unpaired) electrons. The third-order valence-electron chi connectivity index (χ3n) is 2.95. The van der Waals surface area contributed by atoms with Gasteiger partial charge in [-0.3, -0.25) is 4.79 Å². The normalized spacial score (nSPS) is 18.5. The van der Waals surface area contributed by atoms with E-state index in [-0.39, 0.29) is 24.7 Å². The third kappa shape index (κ3) is 3.22. The Morgan fingerprint density at radius 3 is 2.68 bits per heavy atom. The zero-order valence-electron chi connectivity index (χ0n) is 11.0. The summed E-state index contributed by atoms with van der Waals surface area (Å²) in [5.74, 6) is -1.14. The maximum Gasteiger partial charge on any atom is 0.374 e. The minimum Gasteiger partial charge on any atom is -0.460 e. The Labute approximate surface area is 112 Å². The molecule has 0 N–H and O–H groups in total. The lowest BCUT2D eigenvalue weighted by Crippen LogP contribution is -2.21. The van der Waals surface area contributed by atoms with Crippen LogP contribution in [-0.4, -0.2) is 18.5 Å². The van der Waals surface area contributed by atoms with Crippen LogP contribution in [0.4, 0.5) is 0 Å². The largest absolute Gasteiger partial charge is 0.460 e. The second kappa shape index (κ2) is 5.69. The van der Waals surface area contributed by atoms with Crippen LogP contribution in [-0.2, 0) is 19.1 Å². The predicted molar refractivity (Wildman–Crippen MR) is 69.3 cm³/mol. The maximum atomic E-state index is 11.6. The molecule has 1 heterocycles. The van der Waals surface area contributed by atoms with Gasteiger partial charge in [0.25, 0.3) is 0 Å². The van der Waals surface area contributed by atoms with Crippen LogP contribution in [0.2, 0.25) is 0 Å². The van der Waals surface area contributed by atoms with Gasteiger partial charge in [0.1, 0.15) is 0 Å². The highest BCUT2D eigenvalue weighted by atomic mass is 16.6. The van der Waals surface area contributed by atoms with Crippen LogP contribution in [0.25, 0.3) is 0 Å². The lowest BCUT2D eigenvalue weighted by Gasteiger charge is -2.20. The Morgan fingerprint density at radius 2 is 2.05 bits per heavy atom. The van der Waals surface area contributed by atoms with Crippen LogP contribution >= 0.6 is 0 Å². The van der Waals surface area contributed by atoms with Crippen molar-refractivity contribution >= 4 is 11.9 Å².